The van der Waals surface area contributed by atoms with Gasteiger partial charge in [0.1, 0.15) is 6.04 Å². The topological polar surface area (TPSA) is 62.1 Å². The van der Waals surface area contributed by atoms with Gasteiger partial charge in [0.2, 0.25) is 5.91 Å². The zero-order valence-electron chi connectivity index (χ0n) is 12.8. The number of aromatic amines is 1. The van der Waals surface area contributed by atoms with E-state index in [1.54, 1.807) is 0 Å². The molecule has 0 bridgehead atoms. The molecule has 1 amide bonds. The van der Waals surface area contributed by atoms with Gasteiger partial charge in [0.15, 0.2) is 0 Å². The predicted octanol–water partition coefficient (Wildman–Crippen LogP) is 2.55. The van der Waals surface area contributed by atoms with Crippen LogP contribution in [-0.2, 0) is 17.8 Å². The third-order valence-corrected chi connectivity index (χ3v) is 4.63. The maximum atomic E-state index is 12.1. The van der Waals surface area contributed by atoms with E-state index in [9.17, 15) is 4.79 Å². The zero-order valence-corrected chi connectivity index (χ0v) is 12.8. The minimum atomic E-state index is -0.373. The average Bonchev–Trinajstić information content (AvgIpc) is 2.97. The van der Waals surface area contributed by atoms with Crippen molar-refractivity contribution in [2.24, 2.45) is 5.73 Å². The van der Waals surface area contributed by atoms with Crippen LogP contribution in [0.15, 0.2) is 48.7 Å². The van der Waals surface area contributed by atoms with Crippen molar-refractivity contribution in [3.8, 4) is 0 Å². The molecule has 2 aromatic carbocycles. The summed E-state index contributed by atoms with van der Waals surface area (Å²) in [6.07, 6.45) is 2.94. The van der Waals surface area contributed by atoms with Crippen molar-refractivity contribution in [1.82, 2.24) is 9.88 Å². The van der Waals surface area contributed by atoms with Crippen molar-refractivity contribution in [3.05, 3.63) is 71.4 Å². The molecule has 1 atom stereocenters. The maximum Gasteiger partial charge on any atom is 0.239 e. The van der Waals surface area contributed by atoms with Crippen molar-refractivity contribution in [3.63, 3.8) is 0 Å². The van der Waals surface area contributed by atoms with E-state index in [2.05, 4.69) is 28.1 Å². The number of nitrogens with two attached hydrogens (primary N) is 1. The molecule has 2 heterocycles. The number of hydrogen-bond donors (Lipinski definition) is 2. The number of fused-ring (bicyclic) bond motifs is 2. The molecule has 0 saturated carbocycles. The van der Waals surface area contributed by atoms with Gasteiger partial charge in [0.25, 0.3) is 0 Å². The standard InChI is InChI=1S/C19H18N3O/c20-19(23)18-16-7-2-1-5-13(16)9-10-22(18)12-14-11-21-17-8-4-3-6-15(14)17/h2-8,11,18,21H,9-10,12H2,(H2,20,23). The first-order valence-corrected chi connectivity index (χ1v) is 7.81. The molecule has 0 saturated heterocycles. The summed E-state index contributed by atoms with van der Waals surface area (Å²) in [5, 5.41) is 1.20. The number of nitrogens with one attached hydrogen (secondary N) is 1. The van der Waals surface area contributed by atoms with E-state index < -0.39 is 0 Å². The number of hydrogen-bond acceptors (Lipinski definition) is 2. The van der Waals surface area contributed by atoms with Gasteiger partial charge in [-0.25, -0.2) is 0 Å². The maximum absolute atomic E-state index is 12.1. The number of H-pyrrole nitrogens is 1. The van der Waals surface area contributed by atoms with Crippen LogP contribution < -0.4 is 5.73 Å². The Balaban J connectivity index is 1.70. The van der Waals surface area contributed by atoms with Crippen LogP contribution in [0.2, 0.25) is 0 Å². The van der Waals surface area contributed by atoms with E-state index in [1.165, 1.54) is 16.5 Å². The van der Waals surface area contributed by atoms with Gasteiger partial charge in [0.05, 0.1) is 0 Å². The minimum Gasteiger partial charge on any atom is -0.368 e. The van der Waals surface area contributed by atoms with Gasteiger partial charge in [-0.2, -0.15) is 0 Å². The molecule has 23 heavy (non-hydrogen) atoms. The van der Waals surface area contributed by atoms with Crippen LogP contribution in [0.25, 0.3) is 10.9 Å². The van der Waals surface area contributed by atoms with Gasteiger partial charge in [-0.15, -0.1) is 0 Å². The SMILES string of the molecule is NC(=O)C1c2cc[c]cc2CCN1Cc1c[nH]c2ccccc12. The summed E-state index contributed by atoms with van der Waals surface area (Å²) < 4.78 is 0. The molecule has 3 aromatic rings. The summed E-state index contributed by atoms with van der Waals surface area (Å²) in [4.78, 5) is 17.5. The molecule has 0 spiro atoms. The Hall–Kier alpha value is -2.59. The van der Waals surface area contributed by atoms with Gasteiger partial charge in [-0.3, -0.25) is 9.69 Å². The van der Waals surface area contributed by atoms with Crippen molar-refractivity contribution in [1.29, 1.82) is 0 Å². The first-order valence-electron chi connectivity index (χ1n) is 7.81. The second-order valence-corrected chi connectivity index (χ2v) is 6.01. The van der Waals surface area contributed by atoms with Crippen LogP contribution in [0, 0.1) is 6.07 Å². The van der Waals surface area contributed by atoms with Crippen LogP contribution in [-0.4, -0.2) is 22.3 Å². The van der Waals surface area contributed by atoms with E-state index in [4.69, 9.17) is 5.73 Å². The van der Waals surface area contributed by atoms with Crippen molar-refractivity contribution in [2.45, 2.75) is 19.0 Å². The first-order chi connectivity index (χ1) is 11.2. The van der Waals surface area contributed by atoms with Crippen LogP contribution in [0.3, 0.4) is 0 Å². The molecule has 1 radical (unpaired) electrons. The molecular formula is C19H18N3O. The zero-order chi connectivity index (χ0) is 15.8. The average molecular weight is 304 g/mol. The number of rotatable bonds is 3. The highest BCUT2D eigenvalue weighted by Crippen LogP contribution is 2.31. The van der Waals surface area contributed by atoms with Crippen molar-refractivity contribution < 1.29 is 4.79 Å². The lowest BCUT2D eigenvalue weighted by Gasteiger charge is -2.35. The number of aromatic nitrogens is 1. The number of carbonyl (C=O) groups excluding carboxylic acids is 1. The molecule has 1 aliphatic rings. The van der Waals surface area contributed by atoms with Crippen molar-refractivity contribution >= 4 is 16.8 Å². The highest BCUT2D eigenvalue weighted by atomic mass is 16.1. The molecular weight excluding hydrogens is 286 g/mol. The lowest BCUT2D eigenvalue weighted by molar-refractivity contribution is -0.124. The highest BCUT2D eigenvalue weighted by Gasteiger charge is 2.31. The van der Waals surface area contributed by atoms with E-state index in [1.807, 2.05) is 36.5 Å². The number of carbonyl (C=O) groups is 1. The van der Waals surface area contributed by atoms with Crippen LogP contribution in [0.5, 0.6) is 0 Å². The molecule has 4 heteroatoms. The molecule has 1 aromatic heterocycles. The Morgan fingerprint density at radius 2 is 2.22 bits per heavy atom. The smallest absolute Gasteiger partial charge is 0.239 e. The molecule has 3 N–H and O–H groups in total. The molecule has 4 nitrogen and oxygen atoms in total. The lowest BCUT2D eigenvalue weighted by atomic mass is 9.92. The molecule has 1 unspecified atom stereocenters. The third-order valence-electron chi connectivity index (χ3n) is 4.63. The van der Waals surface area contributed by atoms with Crippen LogP contribution in [0.4, 0.5) is 0 Å². The van der Waals surface area contributed by atoms with Crippen molar-refractivity contribution in [2.75, 3.05) is 6.54 Å². The summed E-state index contributed by atoms with van der Waals surface area (Å²) in [7, 11) is 0. The largest absolute Gasteiger partial charge is 0.368 e. The first kappa shape index (κ1) is 14.0. The summed E-state index contributed by atoms with van der Waals surface area (Å²) in [5.74, 6) is -0.294. The minimum absolute atomic E-state index is 0.294. The number of primary amides is 1. The Bertz CT molecular complexity index is 868. The third kappa shape index (κ3) is 2.41. The van der Waals surface area contributed by atoms with E-state index >= 15 is 0 Å². The Kier molecular flexibility index (Phi) is 3.39. The number of para-hydroxylation sites is 1. The Morgan fingerprint density at radius 1 is 1.35 bits per heavy atom. The molecule has 0 aliphatic carbocycles. The number of benzene rings is 2. The lowest BCUT2D eigenvalue weighted by Crippen LogP contribution is -2.42. The van der Waals surface area contributed by atoms with Gasteiger partial charge in [-0.1, -0.05) is 36.4 Å². The molecule has 115 valence electrons. The summed E-state index contributed by atoms with van der Waals surface area (Å²) in [5.41, 5.74) is 10.2. The Labute approximate surface area is 134 Å². The second-order valence-electron chi connectivity index (χ2n) is 6.01. The molecule has 0 fully saturated rings. The number of amides is 1. The van der Waals surface area contributed by atoms with Gasteiger partial charge in [-0.05, 0) is 35.2 Å². The fraction of sp³-hybridized carbons (Fsp3) is 0.211. The van der Waals surface area contributed by atoms with Crippen LogP contribution >= 0.6 is 0 Å². The predicted molar refractivity (Wildman–Crippen MR) is 89.6 cm³/mol. The Morgan fingerprint density at radius 3 is 3.09 bits per heavy atom. The summed E-state index contributed by atoms with van der Waals surface area (Å²) >= 11 is 0. The van der Waals surface area contributed by atoms with Gasteiger partial charge in [0, 0.05) is 30.2 Å². The monoisotopic (exact) mass is 304 g/mol. The quantitative estimate of drug-likeness (QED) is 0.781. The van der Waals surface area contributed by atoms with Crippen LogP contribution in [0.1, 0.15) is 22.7 Å². The molecule has 4 rings (SSSR count). The fourth-order valence-electron chi connectivity index (χ4n) is 3.53. The van der Waals surface area contributed by atoms with Gasteiger partial charge < -0.3 is 10.7 Å². The molecule has 1 aliphatic heterocycles. The fourth-order valence-corrected chi connectivity index (χ4v) is 3.53. The van der Waals surface area contributed by atoms with E-state index in [0.29, 0.717) is 6.54 Å². The van der Waals surface area contributed by atoms with E-state index in [0.717, 1.165) is 24.0 Å². The number of nitrogens with zero attached hydrogens (tertiary/aromatic N) is 1. The highest BCUT2D eigenvalue weighted by molar-refractivity contribution is 5.84. The summed E-state index contributed by atoms with van der Waals surface area (Å²) in [6, 6.07) is 16.7. The summed E-state index contributed by atoms with van der Waals surface area (Å²) in [6.45, 7) is 1.52. The normalized spacial score (nSPS) is 18.0. The van der Waals surface area contributed by atoms with Gasteiger partial charge >= 0.3 is 0 Å². The second kappa shape index (κ2) is 5.56. The van der Waals surface area contributed by atoms with E-state index in [-0.39, 0.29) is 11.9 Å².